The second-order valence-electron chi connectivity index (χ2n) is 5.64. The molecule has 0 aromatic carbocycles. The molecule has 0 fully saturated rings. The highest BCUT2D eigenvalue weighted by atomic mass is 16.5. The van der Waals surface area contributed by atoms with E-state index in [1.54, 1.807) is 0 Å². The number of unbranched alkanes of at least 4 members (excludes halogenated alkanes) is 8. The van der Waals surface area contributed by atoms with Gasteiger partial charge in [0.15, 0.2) is 0 Å². The van der Waals surface area contributed by atoms with Crippen molar-refractivity contribution in [3.05, 3.63) is 0 Å². The SMILES string of the molecule is CCCCCCCCCCCC(=O)O[C@H](C)[C@H](N)C(=O)O. The number of carboxylic acids is 1. The molecular weight excluding hydrogens is 270 g/mol. The average molecular weight is 301 g/mol. The van der Waals surface area contributed by atoms with E-state index in [9.17, 15) is 9.59 Å². The summed E-state index contributed by atoms with van der Waals surface area (Å²) in [5, 5.41) is 8.70. The van der Waals surface area contributed by atoms with Crippen LogP contribution in [0.4, 0.5) is 0 Å². The Balaban J connectivity index is 3.48. The largest absolute Gasteiger partial charge is 0.480 e. The fraction of sp³-hybridized carbons (Fsp3) is 0.875. The molecule has 124 valence electrons. The summed E-state index contributed by atoms with van der Waals surface area (Å²) in [6.45, 7) is 3.72. The smallest absolute Gasteiger partial charge is 0.324 e. The van der Waals surface area contributed by atoms with E-state index in [-0.39, 0.29) is 5.97 Å². The Kier molecular flexibility index (Phi) is 12.0. The van der Waals surface area contributed by atoms with Gasteiger partial charge in [0.2, 0.25) is 0 Å². The molecule has 0 spiro atoms. The number of rotatable bonds is 13. The highest BCUT2D eigenvalue weighted by molar-refractivity contribution is 5.75. The molecule has 2 atom stereocenters. The van der Waals surface area contributed by atoms with Crippen molar-refractivity contribution in [1.82, 2.24) is 0 Å². The molecule has 0 bridgehead atoms. The Hall–Kier alpha value is -1.10. The summed E-state index contributed by atoms with van der Waals surface area (Å²) < 4.78 is 5.00. The minimum absolute atomic E-state index is 0.340. The third-order valence-electron chi connectivity index (χ3n) is 3.59. The Bertz CT molecular complexity index is 294. The van der Waals surface area contributed by atoms with Crippen LogP contribution in [0.1, 0.15) is 78.1 Å². The first-order valence-corrected chi connectivity index (χ1v) is 8.17. The lowest BCUT2D eigenvalue weighted by Crippen LogP contribution is -2.42. The molecule has 0 radical (unpaired) electrons. The van der Waals surface area contributed by atoms with Crippen LogP contribution < -0.4 is 5.73 Å². The zero-order valence-corrected chi connectivity index (χ0v) is 13.5. The van der Waals surface area contributed by atoms with Crippen molar-refractivity contribution in [2.24, 2.45) is 5.73 Å². The van der Waals surface area contributed by atoms with Crippen LogP contribution in [0.15, 0.2) is 0 Å². The van der Waals surface area contributed by atoms with E-state index in [1.807, 2.05) is 0 Å². The molecule has 0 aliphatic rings. The van der Waals surface area contributed by atoms with Crippen molar-refractivity contribution in [2.75, 3.05) is 0 Å². The monoisotopic (exact) mass is 301 g/mol. The van der Waals surface area contributed by atoms with Crippen LogP contribution in [0.5, 0.6) is 0 Å². The Morgan fingerprint density at radius 2 is 1.48 bits per heavy atom. The van der Waals surface area contributed by atoms with E-state index in [1.165, 1.54) is 45.4 Å². The normalized spacial score (nSPS) is 13.7. The highest BCUT2D eigenvalue weighted by Crippen LogP contribution is 2.11. The lowest BCUT2D eigenvalue weighted by atomic mass is 10.1. The first-order chi connectivity index (χ1) is 9.99. The molecule has 0 aromatic rings. The third-order valence-corrected chi connectivity index (χ3v) is 3.59. The molecule has 0 saturated carbocycles. The minimum atomic E-state index is -1.16. The summed E-state index contributed by atoms with van der Waals surface area (Å²) in [6, 6.07) is -1.16. The summed E-state index contributed by atoms with van der Waals surface area (Å²) in [6.07, 6.45) is 10.2. The molecule has 0 aliphatic heterocycles. The van der Waals surface area contributed by atoms with Crippen molar-refractivity contribution in [3.8, 4) is 0 Å². The van der Waals surface area contributed by atoms with Crippen molar-refractivity contribution < 1.29 is 19.4 Å². The van der Waals surface area contributed by atoms with Crippen molar-refractivity contribution in [1.29, 1.82) is 0 Å². The van der Waals surface area contributed by atoms with Gasteiger partial charge in [0.1, 0.15) is 12.1 Å². The van der Waals surface area contributed by atoms with E-state index in [4.69, 9.17) is 15.6 Å². The van der Waals surface area contributed by atoms with Gasteiger partial charge in [-0.1, -0.05) is 58.3 Å². The maximum atomic E-state index is 11.5. The summed E-state index contributed by atoms with van der Waals surface area (Å²) in [5.41, 5.74) is 5.38. The second kappa shape index (κ2) is 12.6. The Morgan fingerprint density at radius 3 is 1.95 bits per heavy atom. The highest BCUT2D eigenvalue weighted by Gasteiger charge is 2.23. The number of esters is 1. The fourth-order valence-corrected chi connectivity index (χ4v) is 2.12. The van der Waals surface area contributed by atoms with Crippen molar-refractivity contribution >= 4 is 11.9 Å². The standard InChI is InChI=1S/C16H31NO4/c1-3-4-5-6-7-8-9-10-11-12-14(18)21-13(2)15(17)16(19)20/h13,15H,3-12,17H2,1-2H3,(H,19,20)/t13-,15+/m1/s1. The molecule has 0 amide bonds. The summed E-state index contributed by atoms with van der Waals surface area (Å²) in [7, 11) is 0. The molecule has 0 aromatic heterocycles. The number of hydrogen-bond acceptors (Lipinski definition) is 4. The molecule has 3 N–H and O–H groups in total. The van der Waals surface area contributed by atoms with Gasteiger partial charge in [-0.15, -0.1) is 0 Å². The van der Waals surface area contributed by atoms with Crippen LogP contribution in [-0.4, -0.2) is 29.2 Å². The molecule has 21 heavy (non-hydrogen) atoms. The van der Waals surface area contributed by atoms with Crippen LogP contribution in [0, 0.1) is 0 Å². The molecular formula is C16H31NO4. The van der Waals surface area contributed by atoms with E-state index in [0.717, 1.165) is 19.3 Å². The predicted molar refractivity (Wildman–Crippen MR) is 83.0 cm³/mol. The number of carboxylic acid groups (broad SMARTS) is 1. The third kappa shape index (κ3) is 11.3. The number of carbonyl (C=O) groups is 2. The molecule has 0 unspecified atom stereocenters. The van der Waals surface area contributed by atoms with Gasteiger partial charge < -0.3 is 15.6 Å². The van der Waals surface area contributed by atoms with Gasteiger partial charge in [0.05, 0.1) is 0 Å². The number of nitrogens with two attached hydrogens (primary N) is 1. The number of ether oxygens (including phenoxy) is 1. The van der Waals surface area contributed by atoms with Gasteiger partial charge in [-0.3, -0.25) is 9.59 Å². The van der Waals surface area contributed by atoms with Crippen molar-refractivity contribution in [3.63, 3.8) is 0 Å². The minimum Gasteiger partial charge on any atom is -0.480 e. The number of hydrogen-bond donors (Lipinski definition) is 2. The molecule has 0 saturated heterocycles. The van der Waals surface area contributed by atoms with Gasteiger partial charge in [0, 0.05) is 6.42 Å². The zero-order valence-electron chi connectivity index (χ0n) is 13.5. The summed E-state index contributed by atoms with van der Waals surface area (Å²) >= 11 is 0. The molecule has 5 nitrogen and oxygen atoms in total. The second-order valence-corrected chi connectivity index (χ2v) is 5.64. The van der Waals surface area contributed by atoms with Crippen molar-refractivity contribution in [2.45, 2.75) is 90.2 Å². The van der Waals surface area contributed by atoms with E-state index >= 15 is 0 Å². The van der Waals surface area contributed by atoms with Crippen LogP contribution in [0.3, 0.4) is 0 Å². The maximum absolute atomic E-state index is 11.5. The van der Waals surface area contributed by atoms with Gasteiger partial charge in [-0.25, -0.2) is 0 Å². The van der Waals surface area contributed by atoms with Gasteiger partial charge >= 0.3 is 11.9 Å². The molecule has 0 rings (SSSR count). The van der Waals surface area contributed by atoms with Crippen LogP contribution in [-0.2, 0) is 14.3 Å². The lowest BCUT2D eigenvalue weighted by Gasteiger charge is -2.16. The van der Waals surface area contributed by atoms with Gasteiger partial charge in [0.25, 0.3) is 0 Å². The average Bonchev–Trinajstić information content (AvgIpc) is 2.44. The quantitative estimate of drug-likeness (QED) is 0.402. The van der Waals surface area contributed by atoms with E-state index in [2.05, 4.69) is 6.92 Å². The summed E-state index contributed by atoms with van der Waals surface area (Å²) in [5.74, 6) is -1.51. The number of aliphatic carboxylic acids is 1. The maximum Gasteiger partial charge on any atom is 0.324 e. The van der Waals surface area contributed by atoms with Crippen LogP contribution in [0.25, 0.3) is 0 Å². The number of carbonyl (C=O) groups excluding carboxylic acids is 1. The topological polar surface area (TPSA) is 89.6 Å². The molecule has 5 heteroatoms. The van der Waals surface area contributed by atoms with E-state index in [0.29, 0.717) is 6.42 Å². The van der Waals surface area contributed by atoms with Gasteiger partial charge in [-0.05, 0) is 13.3 Å². The van der Waals surface area contributed by atoms with Gasteiger partial charge in [-0.2, -0.15) is 0 Å². The van der Waals surface area contributed by atoms with Crippen LogP contribution >= 0.6 is 0 Å². The Labute approximate surface area is 128 Å². The lowest BCUT2D eigenvalue weighted by molar-refractivity contribution is -0.153. The molecule has 0 aliphatic carbocycles. The first kappa shape index (κ1) is 19.9. The molecule has 0 heterocycles. The first-order valence-electron chi connectivity index (χ1n) is 8.17. The van der Waals surface area contributed by atoms with E-state index < -0.39 is 18.1 Å². The summed E-state index contributed by atoms with van der Waals surface area (Å²) in [4.78, 5) is 22.1. The Morgan fingerprint density at radius 1 is 1.00 bits per heavy atom. The predicted octanol–water partition coefficient (Wildman–Crippen LogP) is 3.25. The van der Waals surface area contributed by atoms with Crippen LogP contribution in [0.2, 0.25) is 0 Å². The fourth-order valence-electron chi connectivity index (χ4n) is 2.12. The zero-order chi connectivity index (χ0) is 16.1.